The topological polar surface area (TPSA) is 91.4 Å². The molecule has 1 atom stereocenters. The molecule has 1 aromatic heterocycles. The van der Waals surface area contributed by atoms with Crippen molar-refractivity contribution in [3.8, 4) is 0 Å². The number of hydrogen-bond donors (Lipinski definition) is 2. The lowest BCUT2D eigenvalue weighted by molar-refractivity contribution is -0.133. The van der Waals surface area contributed by atoms with Gasteiger partial charge < -0.3 is 10.6 Å². The van der Waals surface area contributed by atoms with Crippen LogP contribution in [0.3, 0.4) is 0 Å². The Morgan fingerprint density at radius 1 is 1.23 bits per heavy atom. The van der Waals surface area contributed by atoms with Crippen molar-refractivity contribution in [2.45, 2.75) is 12.5 Å². The van der Waals surface area contributed by atoms with Crippen molar-refractivity contribution in [2.75, 3.05) is 11.9 Å². The van der Waals surface area contributed by atoms with Crippen molar-refractivity contribution < 1.29 is 14.4 Å². The maximum absolute atomic E-state index is 12.8. The largest absolute Gasteiger partial charge is 0.325 e. The number of nitrogens with one attached hydrogen (secondary N) is 2. The monoisotopic (exact) mass is 392 g/mol. The first-order valence-electron chi connectivity index (χ1n) is 7.62. The molecule has 2 heterocycles. The Bertz CT molecular complexity index is 905. The first-order valence-corrected chi connectivity index (χ1v) is 8.38. The second-order valence-corrected chi connectivity index (χ2v) is 6.58. The quantitative estimate of drug-likeness (QED) is 0.617. The molecule has 9 heteroatoms. The third-order valence-corrected chi connectivity index (χ3v) is 4.65. The molecule has 1 aliphatic rings. The second-order valence-electron chi connectivity index (χ2n) is 5.82. The minimum atomic E-state index is -1.35. The van der Waals surface area contributed by atoms with Gasteiger partial charge >= 0.3 is 6.03 Å². The molecule has 134 valence electrons. The Labute approximate surface area is 159 Å². The fourth-order valence-electron chi connectivity index (χ4n) is 2.70. The number of anilines is 1. The number of halogens is 2. The molecular formula is C17H14Cl2N4O3. The van der Waals surface area contributed by atoms with Crippen LogP contribution in [0.25, 0.3) is 0 Å². The summed E-state index contributed by atoms with van der Waals surface area (Å²) in [6.45, 7) is 1.08. The summed E-state index contributed by atoms with van der Waals surface area (Å²) in [6.07, 6.45) is 1.48. The van der Waals surface area contributed by atoms with Crippen LogP contribution in [0.5, 0.6) is 0 Å². The molecule has 0 bridgehead atoms. The SMILES string of the molecule is C[C@]1(c2ccccc2Cl)NC(=O)N(CC(=O)Nc2cccnc2Cl)C1=O. The van der Waals surface area contributed by atoms with E-state index in [0.29, 0.717) is 16.3 Å². The second kappa shape index (κ2) is 6.93. The first kappa shape index (κ1) is 18.2. The van der Waals surface area contributed by atoms with E-state index < -0.39 is 29.9 Å². The summed E-state index contributed by atoms with van der Waals surface area (Å²) < 4.78 is 0. The van der Waals surface area contributed by atoms with Crippen LogP contribution >= 0.6 is 23.2 Å². The lowest BCUT2D eigenvalue weighted by atomic mass is 9.92. The molecule has 26 heavy (non-hydrogen) atoms. The van der Waals surface area contributed by atoms with Gasteiger partial charge in [-0.3, -0.25) is 14.5 Å². The first-order chi connectivity index (χ1) is 12.3. The fourth-order valence-corrected chi connectivity index (χ4v) is 3.19. The maximum atomic E-state index is 12.8. The van der Waals surface area contributed by atoms with Gasteiger partial charge in [-0.25, -0.2) is 9.78 Å². The van der Waals surface area contributed by atoms with Gasteiger partial charge in [0.05, 0.1) is 5.69 Å². The van der Waals surface area contributed by atoms with Gasteiger partial charge in [0, 0.05) is 16.8 Å². The highest BCUT2D eigenvalue weighted by molar-refractivity contribution is 6.32. The van der Waals surface area contributed by atoms with Crippen LogP contribution in [-0.4, -0.2) is 34.3 Å². The zero-order valence-corrected chi connectivity index (χ0v) is 15.1. The third-order valence-electron chi connectivity index (χ3n) is 4.02. The van der Waals surface area contributed by atoms with E-state index in [1.54, 1.807) is 43.3 Å². The van der Waals surface area contributed by atoms with E-state index >= 15 is 0 Å². The zero-order valence-electron chi connectivity index (χ0n) is 13.6. The van der Waals surface area contributed by atoms with E-state index in [1.807, 2.05) is 0 Å². The van der Waals surface area contributed by atoms with Crippen molar-refractivity contribution in [2.24, 2.45) is 0 Å². The Morgan fingerprint density at radius 3 is 2.65 bits per heavy atom. The minimum Gasteiger partial charge on any atom is -0.322 e. The summed E-state index contributed by atoms with van der Waals surface area (Å²) in [5, 5.41) is 5.58. The summed E-state index contributed by atoms with van der Waals surface area (Å²) in [4.78, 5) is 42.0. The van der Waals surface area contributed by atoms with Crippen molar-refractivity contribution in [3.05, 3.63) is 58.3 Å². The number of urea groups is 1. The van der Waals surface area contributed by atoms with E-state index in [-0.39, 0.29) is 5.15 Å². The van der Waals surface area contributed by atoms with Crippen LogP contribution in [0.15, 0.2) is 42.6 Å². The summed E-state index contributed by atoms with van der Waals surface area (Å²) in [5.41, 5.74) is -0.597. The van der Waals surface area contributed by atoms with E-state index in [0.717, 1.165) is 4.90 Å². The summed E-state index contributed by atoms with van der Waals surface area (Å²) in [5.74, 6) is -1.14. The summed E-state index contributed by atoms with van der Waals surface area (Å²) in [7, 11) is 0. The van der Waals surface area contributed by atoms with E-state index in [1.165, 1.54) is 6.20 Å². The minimum absolute atomic E-state index is 0.110. The Hall–Kier alpha value is -2.64. The molecule has 0 aliphatic carbocycles. The Morgan fingerprint density at radius 2 is 1.96 bits per heavy atom. The number of rotatable bonds is 4. The summed E-state index contributed by atoms with van der Waals surface area (Å²) in [6, 6.07) is 9.20. The number of benzene rings is 1. The maximum Gasteiger partial charge on any atom is 0.325 e. The smallest absolute Gasteiger partial charge is 0.322 e. The molecule has 2 N–H and O–H groups in total. The van der Waals surface area contributed by atoms with Crippen LogP contribution in [-0.2, 0) is 15.1 Å². The molecule has 0 saturated carbocycles. The molecule has 0 unspecified atom stereocenters. The molecule has 1 saturated heterocycles. The number of amides is 4. The average molecular weight is 393 g/mol. The highest BCUT2D eigenvalue weighted by atomic mass is 35.5. The lowest BCUT2D eigenvalue weighted by Gasteiger charge is -2.23. The van der Waals surface area contributed by atoms with Gasteiger partial charge in [-0.2, -0.15) is 0 Å². The van der Waals surface area contributed by atoms with Crippen molar-refractivity contribution in [1.29, 1.82) is 0 Å². The fraction of sp³-hybridized carbons (Fsp3) is 0.176. The number of pyridine rings is 1. The van der Waals surface area contributed by atoms with Gasteiger partial charge in [-0.1, -0.05) is 41.4 Å². The van der Waals surface area contributed by atoms with Gasteiger partial charge in [0.1, 0.15) is 12.1 Å². The standard InChI is InChI=1S/C17H14Cl2N4O3/c1-17(10-5-2-3-6-11(10)18)15(25)23(16(26)22-17)9-13(24)21-12-7-4-8-20-14(12)19/h2-8H,9H2,1H3,(H,21,24)(H,22,26)/t17-/m1/s1. The summed E-state index contributed by atoms with van der Waals surface area (Å²) >= 11 is 12.0. The molecular weight excluding hydrogens is 379 g/mol. The molecule has 0 radical (unpaired) electrons. The molecule has 7 nitrogen and oxygen atoms in total. The molecule has 1 aromatic carbocycles. The van der Waals surface area contributed by atoms with Crippen molar-refractivity contribution in [3.63, 3.8) is 0 Å². The number of nitrogens with zero attached hydrogens (tertiary/aromatic N) is 2. The van der Waals surface area contributed by atoms with Crippen LogP contribution < -0.4 is 10.6 Å². The van der Waals surface area contributed by atoms with Crippen LogP contribution in [0.1, 0.15) is 12.5 Å². The number of carbonyl (C=O) groups excluding carboxylic acids is 3. The highest BCUT2D eigenvalue weighted by Gasteiger charge is 2.50. The molecule has 3 rings (SSSR count). The van der Waals surface area contributed by atoms with Crippen LogP contribution in [0.2, 0.25) is 10.2 Å². The zero-order chi connectivity index (χ0) is 18.9. The van der Waals surface area contributed by atoms with Gasteiger partial charge in [0.15, 0.2) is 5.15 Å². The number of aromatic nitrogens is 1. The van der Waals surface area contributed by atoms with Crippen molar-refractivity contribution >= 4 is 46.7 Å². The van der Waals surface area contributed by atoms with Crippen molar-refractivity contribution in [1.82, 2.24) is 15.2 Å². The lowest BCUT2D eigenvalue weighted by Crippen LogP contribution is -2.42. The van der Waals surface area contributed by atoms with Gasteiger partial charge in [0.25, 0.3) is 5.91 Å². The number of carbonyl (C=O) groups is 3. The Kier molecular flexibility index (Phi) is 4.84. The average Bonchev–Trinajstić information content (AvgIpc) is 2.81. The predicted molar refractivity (Wildman–Crippen MR) is 96.9 cm³/mol. The van der Waals surface area contributed by atoms with Gasteiger partial charge in [0.2, 0.25) is 5.91 Å². The highest BCUT2D eigenvalue weighted by Crippen LogP contribution is 2.33. The third kappa shape index (κ3) is 3.23. The molecule has 2 aromatic rings. The Balaban J connectivity index is 1.78. The van der Waals surface area contributed by atoms with E-state index in [9.17, 15) is 14.4 Å². The van der Waals surface area contributed by atoms with Gasteiger partial charge in [-0.15, -0.1) is 0 Å². The molecule has 1 fully saturated rings. The predicted octanol–water partition coefficient (Wildman–Crippen LogP) is 2.79. The van der Waals surface area contributed by atoms with Crippen LogP contribution in [0, 0.1) is 0 Å². The van der Waals surface area contributed by atoms with E-state index in [4.69, 9.17) is 23.2 Å². The van der Waals surface area contributed by atoms with Gasteiger partial charge in [-0.05, 0) is 25.1 Å². The molecule has 4 amide bonds. The normalized spacial score (nSPS) is 19.4. The van der Waals surface area contributed by atoms with Crippen LogP contribution in [0.4, 0.5) is 10.5 Å². The molecule has 1 aliphatic heterocycles. The van der Waals surface area contributed by atoms with E-state index in [2.05, 4.69) is 15.6 Å². The number of hydrogen-bond acceptors (Lipinski definition) is 4. The molecule has 0 spiro atoms. The number of imide groups is 1.